The maximum atomic E-state index is 6.34. The molecule has 0 saturated heterocycles. The molecule has 0 radical (unpaired) electrons. The van der Waals surface area contributed by atoms with Crippen LogP contribution < -0.4 is 5.32 Å². The van der Waals surface area contributed by atoms with Crippen LogP contribution in [-0.4, -0.2) is 6.54 Å². The molecule has 1 atom stereocenters. The summed E-state index contributed by atoms with van der Waals surface area (Å²) < 4.78 is 2.00. The van der Waals surface area contributed by atoms with Crippen molar-refractivity contribution in [3.8, 4) is 0 Å². The van der Waals surface area contributed by atoms with Crippen molar-refractivity contribution in [1.29, 1.82) is 0 Å². The van der Waals surface area contributed by atoms with Gasteiger partial charge < -0.3 is 5.32 Å². The van der Waals surface area contributed by atoms with Crippen LogP contribution in [0, 0.1) is 0 Å². The lowest BCUT2D eigenvalue weighted by atomic mass is 9.99. The summed E-state index contributed by atoms with van der Waals surface area (Å²) in [6.45, 7) is 2.98. The minimum Gasteiger partial charge on any atom is -0.310 e. The Bertz CT molecular complexity index is 632. The number of likely N-dealkylation sites (N-methyl/N-ethyl adjacent to an activating group) is 1. The highest BCUT2D eigenvalue weighted by molar-refractivity contribution is 9.10. The second kappa shape index (κ2) is 7.98. The van der Waals surface area contributed by atoms with Crippen molar-refractivity contribution in [2.75, 3.05) is 6.54 Å². The molecule has 1 N–H and O–H groups in total. The van der Waals surface area contributed by atoms with E-state index in [1.54, 1.807) is 0 Å². The molecule has 5 heteroatoms. The second-order valence-corrected chi connectivity index (χ2v) is 7.33. The minimum absolute atomic E-state index is 0.181. The van der Waals surface area contributed by atoms with Gasteiger partial charge >= 0.3 is 0 Å². The molecule has 0 amide bonds. The van der Waals surface area contributed by atoms with Crippen LogP contribution in [0.1, 0.15) is 24.1 Å². The van der Waals surface area contributed by atoms with Crippen molar-refractivity contribution in [2.24, 2.45) is 0 Å². The molecule has 0 saturated carbocycles. The molecule has 1 unspecified atom stereocenters. The van der Waals surface area contributed by atoms with E-state index in [1.165, 1.54) is 5.56 Å². The number of hydrogen-bond acceptors (Lipinski definition) is 1. The molecule has 2 rings (SSSR count). The van der Waals surface area contributed by atoms with Crippen LogP contribution in [0.25, 0.3) is 0 Å². The molecule has 0 aliphatic carbocycles. The number of hydrogen-bond donors (Lipinski definition) is 1. The average molecular weight is 452 g/mol. The van der Waals surface area contributed by atoms with Crippen LogP contribution in [0.5, 0.6) is 0 Å². The molecule has 0 spiro atoms. The molecule has 2 aromatic carbocycles. The van der Waals surface area contributed by atoms with E-state index in [2.05, 4.69) is 50.2 Å². The van der Waals surface area contributed by atoms with Gasteiger partial charge in [0.05, 0.1) is 0 Å². The largest absolute Gasteiger partial charge is 0.310 e. The van der Waals surface area contributed by atoms with E-state index >= 15 is 0 Å². The van der Waals surface area contributed by atoms with Crippen molar-refractivity contribution in [2.45, 2.75) is 19.4 Å². The molecule has 0 aliphatic heterocycles. The van der Waals surface area contributed by atoms with Crippen molar-refractivity contribution in [3.05, 3.63) is 66.5 Å². The quantitative estimate of drug-likeness (QED) is 0.553. The summed E-state index contributed by atoms with van der Waals surface area (Å²) in [6, 6.07) is 12.1. The average Bonchev–Trinajstić information content (AvgIpc) is 2.41. The first-order chi connectivity index (χ1) is 10.0. The molecule has 21 heavy (non-hydrogen) atoms. The van der Waals surface area contributed by atoms with Crippen LogP contribution in [-0.2, 0) is 6.42 Å². The third-order valence-electron chi connectivity index (χ3n) is 3.23. The fourth-order valence-corrected chi connectivity index (χ4v) is 3.94. The van der Waals surface area contributed by atoms with E-state index in [-0.39, 0.29) is 6.04 Å². The van der Waals surface area contributed by atoms with E-state index in [9.17, 15) is 0 Å². The Morgan fingerprint density at radius 2 is 1.86 bits per heavy atom. The molecule has 112 valence electrons. The number of halogens is 4. The lowest BCUT2D eigenvalue weighted by molar-refractivity contribution is 0.548. The van der Waals surface area contributed by atoms with Gasteiger partial charge in [0.15, 0.2) is 0 Å². The van der Waals surface area contributed by atoms with E-state index in [4.69, 9.17) is 23.2 Å². The fourth-order valence-electron chi connectivity index (χ4n) is 2.23. The van der Waals surface area contributed by atoms with Gasteiger partial charge in [0.25, 0.3) is 0 Å². The second-order valence-electron chi connectivity index (χ2n) is 4.72. The molecular formula is C16H15Br2Cl2N. The maximum absolute atomic E-state index is 6.34. The summed E-state index contributed by atoms with van der Waals surface area (Å²) in [5.74, 6) is 0. The molecule has 0 heterocycles. The van der Waals surface area contributed by atoms with Gasteiger partial charge in [-0.15, -0.1) is 0 Å². The van der Waals surface area contributed by atoms with Gasteiger partial charge in [-0.3, -0.25) is 0 Å². The number of nitrogens with one attached hydrogen (secondary N) is 1. The van der Waals surface area contributed by atoms with Crippen LogP contribution in [0.4, 0.5) is 0 Å². The molecular weight excluding hydrogens is 437 g/mol. The van der Waals surface area contributed by atoms with E-state index in [0.717, 1.165) is 37.5 Å². The molecule has 2 aromatic rings. The van der Waals surface area contributed by atoms with Crippen molar-refractivity contribution >= 4 is 55.1 Å². The number of rotatable bonds is 5. The predicted octanol–water partition coefficient (Wildman–Crippen LogP) is 6.41. The van der Waals surface area contributed by atoms with Crippen molar-refractivity contribution in [1.82, 2.24) is 5.32 Å². The van der Waals surface area contributed by atoms with E-state index < -0.39 is 0 Å². The van der Waals surface area contributed by atoms with Gasteiger partial charge in [0.2, 0.25) is 0 Å². The van der Waals surface area contributed by atoms with Crippen LogP contribution in [0.15, 0.2) is 45.3 Å². The standard InChI is InChI=1S/C16H15Br2Cl2N/c1-2-21-16(13-6-5-12(19)9-14(13)18)7-10-3-4-11(17)8-15(10)20/h3-6,8-9,16,21H,2,7H2,1H3. The maximum Gasteiger partial charge on any atom is 0.0449 e. The summed E-state index contributed by atoms with van der Waals surface area (Å²) in [5.41, 5.74) is 2.30. The van der Waals surface area contributed by atoms with Crippen LogP contribution >= 0.6 is 55.1 Å². The lowest BCUT2D eigenvalue weighted by Crippen LogP contribution is -2.23. The van der Waals surface area contributed by atoms with E-state index in [1.807, 2.05) is 30.3 Å². The summed E-state index contributed by atoms with van der Waals surface area (Å²) in [4.78, 5) is 0. The predicted molar refractivity (Wildman–Crippen MR) is 98.4 cm³/mol. The number of benzene rings is 2. The molecule has 0 bridgehead atoms. The highest BCUT2D eigenvalue weighted by Gasteiger charge is 2.16. The van der Waals surface area contributed by atoms with Gasteiger partial charge in [-0.25, -0.2) is 0 Å². The van der Waals surface area contributed by atoms with Gasteiger partial charge in [-0.2, -0.15) is 0 Å². The molecule has 0 aromatic heterocycles. The van der Waals surface area contributed by atoms with Crippen LogP contribution in [0.3, 0.4) is 0 Å². The molecule has 0 fully saturated rings. The van der Waals surface area contributed by atoms with Gasteiger partial charge in [0.1, 0.15) is 0 Å². The fraction of sp³-hybridized carbons (Fsp3) is 0.250. The summed E-state index contributed by atoms with van der Waals surface area (Å²) in [6.07, 6.45) is 0.820. The van der Waals surface area contributed by atoms with E-state index in [0.29, 0.717) is 0 Å². The van der Waals surface area contributed by atoms with Crippen LogP contribution in [0.2, 0.25) is 10.0 Å². The van der Waals surface area contributed by atoms with Gasteiger partial charge in [-0.05, 0) is 48.4 Å². The summed E-state index contributed by atoms with van der Waals surface area (Å²) in [7, 11) is 0. The van der Waals surface area contributed by atoms with Crippen molar-refractivity contribution < 1.29 is 0 Å². The Kier molecular flexibility index (Phi) is 6.57. The highest BCUT2D eigenvalue weighted by Crippen LogP contribution is 2.31. The normalized spacial score (nSPS) is 12.4. The Morgan fingerprint density at radius 1 is 1.10 bits per heavy atom. The topological polar surface area (TPSA) is 12.0 Å². The zero-order chi connectivity index (χ0) is 15.4. The molecule has 0 aliphatic rings. The zero-order valence-electron chi connectivity index (χ0n) is 11.5. The lowest BCUT2D eigenvalue weighted by Gasteiger charge is -2.21. The third kappa shape index (κ3) is 4.70. The third-order valence-corrected chi connectivity index (χ3v) is 4.99. The first-order valence-corrected chi connectivity index (χ1v) is 8.97. The smallest absolute Gasteiger partial charge is 0.0449 e. The summed E-state index contributed by atoms with van der Waals surface area (Å²) in [5, 5.41) is 5.01. The molecule has 1 nitrogen and oxygen atoms in total. The van der Waals surface area contributed by atoms with Crippen molar-refractivity contribution in [3.63, 3.8) is 0 Å². The highest BCUT2D eigenvalue weighted by atomic mass is 79.9. The van der Waals surface area contributed by atoms with Gasteiger partial charge in [0, 0.05) is 25.0 Å². The minimum atomic E-state index is 0.181. The zero-order valence-corrected chi connectivity index (χ0v) is 16.2. The van der Waals surface area contributed by atoms with Gasteiger partial charge in [-0.1, -0.05) is 74.1 Å². The Balaban J connectivity index is 2.30. The Hall–Kier alpha value is -0.0600. The monoisotopic (exact) mass is 449 g/mol. The SMILES string of the molecule is CCNC(Cc1ccc(Br)cc1Cl)c1ccc(Cl)cc1Br. The summed E-state index contributed by atoms with van der Waals surface area (Å²) >= 11 is 19.4. The Morgan fingerprint density at radius 3 is 2.48 bits per heavy atom. The first kappa shape index (κ1) is 17.3. The first-order valence-electron chi connectivity index (χ1n) is 6.63. The Labute approximate surface area is 152 Å².